The van der Waals surface area contributed by atoms with Gasteiger partial charge in [-0.05, 0) is 30.3 Å². The fourth-order valence-corrected chi connectivity index (χ4v) is 2.51. The van der Waals surface area contributed by atoms with Crippen LogP contribution in [0.1, 0.15) is 0 Å². The SMILES string of the molecule is Nc1ccc2ncnc(Nc3c(Cl)cc(F)cc3Cl)c2c1. The number of hydrogen-bond acceptors (Lipinski definition) is 4. The lowest BCUT2D eigenvalue weighted by Crippen LogP contribution is -1.98. The standard InChI is InChI=1S/C14H9Cl2FN4/c15-10-3-7(17)4-11(16)13(10)21-14-9-5-8(18)1-2-12(9)19-6-20-14/h1-6H,18H2,(H,19,20,21). The first-order chi connectivity index (χ1) is 10.0. The molecule has 0 unspecified atom stereocenters. The van der Waals surface area contributed by atoms with E-state index in [1.807, 2.05) is 0 Å². The first kappa shape index (κ1) is 13.9. The molecule has 0 radical (unpaired) electrons. The molecule has 0 saturated heterocycles. The highest BCUT2D eigenvalue weighted by Gasteiger charge is 2.11. The van der Waals surface area contributed by atoms with Crippen molar-refractivity contribution in [2.24, 2.45) is 0 Å². The fraction of sp³-hybridized carbons (Fsp3) is 0. The van der Waals surface area contributed by atoms with Crippen molar-refractivity contribution in [1.82, 2.24) is 9.97 Å². The lowest BCUT2D eigenvalue weighted by Gasteiger charge is -2.12. The molecule has 3 N–H and O–H groups in total. The van der Waals surface area contributed by atoms with E-state index in [-0.39, 0.29) is 10.0 Å². The molecule has 1 aromatic heterocycles. The molecule has 0 saturated carbocycles. The summed E-state index contributed by atoms with van der Waals surface area (Å²) in [4.78, 5) is 8.31. The summed E-state index contributed by atoms with van der Waals surface area (Å²) in [6.45, 7) is 0. The van der Waals surface area contributed by atoms with Gasteiger partial charge in [0.2, 0.25) is 0 Å². The molecule has 1 heterocycles. The number of nitrogen functional groups attached to an aromatic ring is 1. The minimum Gasteiger partial charge on any atom is -0.399 e. The number of nitrogens with two attached hydrogens (primary N) is 1. The highest BCUT2D eigenvalue weighted by atomic mass is 35.5. The molecule has 0 fully saturated rings. The van der Waals surface area contributed by atoms with Crippen LogP contribution in [0.25, 0.3) is 10.9 Å². The second-order valence-corrected chi connectivity index (χ2v) is 5.18. The zero-order chi connectivity index (χ0) is 15.0. The van der Waals surface area contributed by atoms with Crippen LogP contribution in [0.2, 0.25) is 10.0 Å². The van der Waals surface area contributed by atoms with Gasteiger partial charge in [-0.3, -0.25) is 0 Å². The third-order valence-corrected chi connectivity index (χ3v) is 3.51. The highest BCUT2D eigenvalue weighted by molar-refractivity contribution is 6.39. The van der Waals surface area contributed by atoms with Gasteiger partial charge in [0.15, 0.2) is 0 Å². The van der Waals surface area contributed by atoms with E-state index in [1.54, 1.807) is 18.2 Å². The molecule has 0 atom stereocenters. The Morgan fingerprint density at radius 3 is 2.48 bits per heavy atom. The molecule has 4 nitrogen and oxygen atoms in total. The maximum atomic E-state index is 13.2. The number of hydrogen-bond donors (Lipinski definition) is 2. The second-order valence-electron chi connectivity index (χ2n) is 4.37. The van der Waals surface area contributed by atoms with Crippen molar-refractivity contribution >= 4 is 51.3 Å². The third kappa shape index (κ3) is 2.70. The molecular formula is C14H9Cl2FN4. The number of nitrogens with zero attached hydrogens (tertiary/aromatic N) is 2. The Kier molecular flexibility index (Phi) is 3.53. The predicted octanol–water partition coefficient (Wildman–Crippen LogP) is 4.40. The maximum absolute atomic E-state index is 13.2. The zero-order valence-electron chi connectivity index (χ0n) is 10.6. The van der Waals surface area contributed by atoms with Crippen LogP contribution in [0, 0.1) is 5.82 Å². The Morgan fingerprint density at radius 1 is 1.05 bits per heavy atom. The minimum absolute atomic E-state index is 0.163. The molecule has 0 spiro atoms. The lowest BCUT2D eigenvalue weighted by atomic mass is 10.2. The molecule has 0 bridgehead atoms. The van der Waals surface area contributed by atoms with E-state index in [9.17, 15) is 4.39 Å². The summed E-state index contributed by atoms with van der Waals surface area (Å²) >= 11 is 12.0. The smallest absolute Gasteiger partial charge is 0.141 e. The van der Waals surface area contributed by atoms with Crippen LogP contribution in [-0.4, -0.2) is 9.97 Å². The Labute approximate surface area is 129 Å². The van der Waals surface area contributed by atoms with Crippen LogP contribution < -0.4 is 11.1 Å². The van der Waals surface area contributed by atoms with Gasteiger partial charge in [-0.2, -0.15) is 0 Å². The molecule has 0 amide bonds. The molecule has 7 heteroatoms. The average molecular weight is 323 g/mol. The maximum Gasteiger partial charge on any atom is 0.141 e. The van der Waals surface area contributed by atoms with Crippen LogP contribution in [0.4, 0.5) is 21.6 Å². The van der Waals surface area contributed by atoms with Gasteiger partial charge in [0, 0.05) is 11.1 Å². The molecule has 3 aromatic rings. The van der Waals surface area contributed by atoms with Crippen LogP contribution >= 0.6 is 23.2 Å². The number of aromatic nitrogens is 2. The van der Waals surface area contributed by atoms with Crippen molar-refractivity contribution < 1.29 is 4.39 Å². The molecule has 0 aliphatic rings. The van der Waals surface area contributed by atoms with Crippen LogP contribution in [0.5, 0.6) is 0 Å². The van der Waals surface area contributed by atoms with E-state index in [1.165, 1.54) is 18.5 Å². The summed E-state index contributed by atoms with van der Waals surface area (Å²) < 4.78 is 13.2. The predicted molar refractivity (Wildman–Crippen MR) is 83.7 cm³/mol. The lowest BCUT2D eigenvalue weighted by molar-refractivity contribution is 0.628. The Hall–Kier alpha value is -2.11. The van der Waals surface area contributed by atoms with Gasteiger partial charge in [-0.1, -0.05) is 23.2 Å². The zero-order valence-corrected chi connectivity index (χ0v) is 12.1. The fourth-order valence-electron chi connectivity index (χ4n) is 1.95. The summed E-state index contributed by atoms with van der Waals surface area (Å²) in [5.41, 5.74) is 7.46. The molecule has 106 valence electrons. The summed E-state index contributed by atoms with van der Waals surface area (Å²) in [6, 6.07) is 7.62. The number of rotatable bonds is 2. The van der Waals surface area contributed by atoms with Crippen LogP contribution in [-0.2, 0) is 0 Å². The first-order valence-electron chi connectivity index (χ1n) is 5.96. The molecular weight excluding hydrogens is 314 g/mol. The summed E-state index contributed by atoms with van der Waals surface area (Å²) in [5, 5.41) is 4.04. The second kappa shape index (κ2) is 5.35. The summed E-state index contributed by atoms with van der Waals surface area (Å²) in [5.74, 6) is -0.0185. The summed E-state index contributed by atoms with van der Waals surface area (Å²) in [6.07, 6.45) is 1.41. The quantitative estimate of drug-likeness (QED) is 0.686. The number of benzene rings is 2. The van der Waals surface area contributed by atoms with Crippen molar-refractivity contribution in [2.75, 3.05) is 11.1 Å². The van der Waals surface area contributed by atoms with Crippen molar-refractivity contribution in [3.63, 3.8) is 0 Å². The topological polar surface area (TPSA) is 63.8 Å². The van der Waals surface area contributed by atoms with Crippen LogP contribution in [0.3, 0.4) is 0 Å². The van der Waals surface area contributed by atoms with Gasteiger partial charge in [-0.25, -0.2) is 14.4 Å². The van der Waals surface area contributed by atoms with Crippen molar-refractivity contribution in [3.05, 3.63) is 52.5 Å². The number of halogens is 3. The van der Waals surface area contributed by atoms with Crippen molar-refractivity contribution in [1.29, 1.82) is 0 Å². The van der Waals surface area contributed by atoms with Gasteiger partial charge in [-0.15, -0.1) is 0 Å². The van der Waals surface area contributed by atoms with Crippen LogP contribution in [0.15, 0.2) is 36.7 Å². The van der Waals surface area contributed by atoms with E-state index in [0.29, 0.717) is 22.6 Å². The third-order valence-electron chi connectivity index (χ3n) is 2.91. The average Bonchev–Trinajstić information content (AvgIpc) is 2.43. The first-order valence-corrected chi connectivity index (χ1v) is 6.72. The number of fused-ring (bicyclic) bond motifs is 1. The van der Waals surface area contributed by atoms with Gasteiger partial charge in [0.05, 0.1) is 21.2 Å². The molecule has 21 heavy (non-hydrogen) atoms. The number of anilines is 3. The number of nitrogens with one attached hydrogen (secondary N) is 1. The van der Waals surface area contributed by atoms with Gasteiger partial charge in [0.25, 0.3) is 0 Å². The van der Waals surface area contributed by atoms with Gasteiger partial charge < -0.3 is 11.1 Å². The largest absolute Gasteiger partial charge is 0.399 e. The normalized spacial score (nSPS) is 10.8. The molecule has 3 rings (SSSR count). The molecule has 0 aliphatic heterocycles. The van der Waals surface area contributed by atoms with E-state index in [2.05, 4.69) is 15.3 Å². The van der Waals surface area contributed by atoms with Gasteiger partial charge in [0.1, 0.15) is 18.0 Å². The Balaban J connectivity index is 2.12. The Morgan fingerprint density at radius 2 is 1.76 bits per heavy atom. The van der Waals surface area contributed by atoms with E-state index in [4.69, 9.17) is 28.9 Å². The minimum atomic E-state index is -0.507. The van der Waals surface area contributed by atoms with E-state index < -0.39 is 5.82 Å². The molecule has 0 aliphatic carbocycles. The van der Waals surface area contributed by atoms with Crippen molar-refractivity contribution in [3.8, 4) is 0 Å². The summed E-state index contributed by atoms with van der Waals surface area (Å²) in [7, 11) is 0. The molecule has 2 aromatic carbocycles. The monoisotopic (exact) mass is 322 g/mol. The highest BCUT2D eigenvalue weighted by Crippen LogP contribution is 2.35. The Bertz CT molecular complexity index is 815. The van der Waals surface area contributed by atoms with Gasteiger partial charge >= 0.3 is 0 Å². The van der Waals surface area contributed by atoms with E-state index in [0.717, 1.165) is 5.52 Å². The van der Waals surface area contributed by atoms with E-state index >= 15 is 0 Å². The van der Waals surface area contributed by atoms with Crippen molar-refractivity contribution in [2.45, 2.75) is 0 Å².